The first-order valence-corrected chi connectivity index (χ1v) is 36.9. The van der Waals surface area contributed by atoms with Crippen LogP contribution in [-0.4, -0.2) is 180 Å². The quantitative estimate of drug-likeness (QED) is 0.0111. The lowest BCUT2D eigenvalue weighted by Crippen LogP contribution is -2.49. The third kappa shape index (κ3) is 21.9. The van der Waals surface area contributed by atoms with Crippen LogP contribution in [0.1, 0.15) is 162 Å². The largest absolute Gasteiger partial charge is 0.481 e. The third-order valence-electron chi connectivity index (χ3n) is 19.0. The smallest absolute Gasteiger partial charge is 0.303 e. The number of aryl methyl sites for hydroxylation is 1. The number of allylic oxidation sites excluding steroid dienone is 6. The summed E-state index contributed by atoms with van der Waals surface area (Å²) in [6.45, 7) is 20.5. The van der Waals surface area contributed by atoms with E-state index in [1.54, 1.807) is 6.07 Å². The Morgan fingerprint density at radius 2 is 1.49 bits per heavy atom. The van der Waals surface area contributed by atoms with E-state index in [-0.39, 0.29) is 72.9 Å². The van der Waals surface area contributed by atoms with Crippen LogP contribution >= 0.6 is 11.8 Å². The van der Waals surface area contributed by atoms with Crippen molar-refractivity contribution in [3.8, 4) is 0 Å². The maximum atomic E-state index is 13.8. The number of unbranched alkanes of at least 4 members (excludes halogenated alkanes) is 2. The van der Waals surface area contributed by atoms with Gasteiger partial charge in [0.1, 0.15) is 12.3 Å². The van der Waals surface area contributed by atoms with Crippen molar-refractivity contribution in [3.63, 3.8) is 0 Å². The third-order valence-corrected chi connectivity index (χ3v) is 21.2. The van der Waals surface area contributed by atoms with E-state index in [4.69, 9.17) is 5.73 Å². The number of Topliss-reactive ketones (excluding diaryl/α,β-unsaturated/α-hetero) is 4. The number of H-pyrrole nitrogens is 1. The Balaban J connectivity index is 0.933. The molecular weight excluding hydrogens is 1350 g/mol. The van der Waals surface area contributed by atoms with Gasteiger partial charge in [0.2, 0.25) is 47.0 Å². The number of primary amides is 1. The molecule has 27 nitrogen and oxygen atoms in total. The number of carbonyl (C=O) groups excluding carboxylic acids is 11. The molecule has 102 heavy (non-hydrogen) atoms. The first-order valence-electron chi connectivity index (χ1n) is 34.5. The molecule has 0 radical (unpaired) electrons. The second-order valence-electron chi connectivity index (χ2n) is 27.8. The monoisotopic (exact) mass is 1450 g/mol. The van der Waals surface area contributed by atoms with Gasteiger partial charge >= 0.3 is 5.97 Å². The van der Waals surface area contributed by atoms with Crippen LogP contribution in [0.15, 0.2) is 89.9 Å². The molecule has 1 aromatic heterocycles. The number of likely N-dealkylation sites (tertiary alicyclic amines) is 1. The number of aliphatic carboxylic acids is 1. The van der Waals surface area contributed by atoms with Gasteiger partial charge in [-0.05, 0) is 104 Å². The van der Waals surface area contributed by atoms with Crippen LogP contribution < -0.4 is 31.9 Å². The number of aliphatic hydroxyl groups excluding tert-OH is 1. The normalized spacial score (nSPS) is 18.3. The number of carbonyl (C=O) groups is 12. The van der Waals surface area contributed by atoms with Crippen molar-refractivity contribution in [2.24, 2.45) is 29.4 Å². The van der Waals surface area contributed by atoms with E-state index in [1.165, 1.54) is 81.8 Å². The van der Waals surface area contributed by atoms with Crippen LogP contribution in [0, 0.1) is 30.6 Å². The number of nitrogens with one attached hydrogen (secondary N) is 5. The Labute approximate surface area is 599 Å². The van der Waals surface area contributed by atoms with Gasteiger partial charge in [-0.25, -0.2) is 4.98 Å². The number of thioether (sulfide) groups is 1. The van der Waals surface area contributed by atoms with Crippen LogP contribution in [0.4, 0.5) is 11.4 Å². The fourth-order valence-electron chi connectivity index (χ4n) is 13.0. The Morgan fingerprint density at radius 3 is 2.12 bits per heavy atom. The number of fused-ring (bicyclic) bond motifs is 2. The van der Waals surface area contributed by atoms with Crippen LogP contribution in [0.25, 0.3) is 0 Å². The van der Waals surface area contributed by atoms with E-state index in [2.05, 4.69) is 92.7 Å². The molecule has 3 aromatic rings. The van der Waals surface area contributed by atoms with Crippen molar-refractivity contribution in [2.45, 2.75) is 198 Å². The molecule has 0 saturated carbocycles. The number of likely N-dealkylation sites (N-methyl/N-ethyl adjacent to an activating group) is 1. The molecule has 554 valence electrons. The highest BCUT2D eigenvalue weighted by atomic mass is 32.2. The van der Waals surface area contributed by atoms with Crippen LogP contribution in [-0.2, 0) is 84.9 Å². The molecule has 6 rings (SSSR count). The summed E-state index contributed by atoms with van der Waals surface area (Å²) in [6.07, 6.45) is 10.7. The molecule has 9 atom stereocenters. The minimum atomic E-state index is -4.48. The first kappa shape index (κ1) is 82.2. The number of aromatic nitrogens is 2. The van der Waals surface area contributed by atoms with Crippen molar-refractivity contribution in [1.29, 1.82) is 0 Å². The maximum absolute atomic E-state index is 13.8. The number of benzene rings is 2. The molecule has 7 amide bonds. The highest BCUT2D eigenvalue weighted by Crippen LogP contribution is 2.48. The zero-order valence-electron chi connectivity index (χ0n) is 60.0. The van der Waals surface area contributed by atoms with Gasteiger partial charge in [0, 0.05) is 141 Å². The van der Waals surface area contributed by atoms with Gasteiger partial charge in [-0.1, -0.05) is 56.7 Å². The number of hydrogen-bond donors (Lipinski definition) is 9. The fraction of sp³-hybridized carbons (Fsp3) is 0.534. The minimum absolute atomic E-state index is 0.0106. The molecule has 1 saturated heterocycles. The van der Waals surface area contributed by atoms with E-state index in [1.807, 2.05) is 38.2 Å². The molecule has 10 N–H and O–H groups in total. The summed E-state index contributed by atoms with van der Waals surface area (Å²) < 4.78 is 36.6. The number of anilines is 1. The molecule has 3 aliphatic heterocycles. The van der Waals surface area contributed by atoms with E-state index in [0.29, 0.717) is 31.5 Å². The van der Waals surface area contributed by atoms with Crippen molar-refractivity contribution in [2.75, 3.05) is 36.8 Å². The number of carboxylic acids is 1. The topological polar surface area (TPSA) is 412 Å². The SMILES string of the molecule is CCN1C(=CC=CC=CC2=[N+](CCCCCC(=O)NCCN3C(=O)CC(SC[C@H](CC(=O)[C@H](C)NC(=O)[C@H](C)CC(=O)[C@H](C)NC(=O)[C@@H](CC(=O)[C@H](Cc4cnc[nH]4)NC(=O)[C@H](CCC(=O)O)CC(C)=O)[C@@H](C)O)C(N)=O)C3=O)c3ccc(S(=O)(=O)O)cc3C2(C)C)C(C)(C)c2cc(C)ccc21. The fourth-order valence-corrected chi connectivity index (χ4v) is 14.7. The number of nitrogens with two attached hydrogens (primary N) is 1. The number of aliphatic hydroxyl groups is 1. The predicted molar refractivity (Wildman–Crippen MR) is 383 cm³/mol. The van der Waals surface area contributed by atoms with Crippen molar-refractivity contribution < 1.29 is 85.3 Å². The molecular formula is C73H99N10O17S2+. The van der Waals surface area contributed by atoms with Crippen LogP contribution in [0.2, 0.25) is 0 Å². The summed E-state index contributed by atoms with van der Waals surface area (Å²) in [5.74, 6) is -12.8. The zero-order valence-corrected chi connectivity index (χ0v) is 61.6. The summed E-state index contributed by atoms with van der Waals surface area (Å²) in [5, 5.41) is 29.4. The van der Waals surface area contributed by atoms with Gasteiger partial charge in [0.25, 0.3) is 10.1 Å². The van der Waals surface area contributed by atoms with Crippen LogP contribution in [0.3, 0.4) is 0 Å². The number of carboxylic acid groups (broad SMARTS) is 1. The van der Waals surface area contributed by atoms with E-state index in [0.717, 1.165) is 40.2 Å². The first-order chi connectivity index (χ1) is 47.9. The van der Waals surface area contributed by atoms with Crippen LogP contribution in [0.5, 0.6) is 0 Å². The molecule has 29 heteroatoms. The summed E-state index contributed by atoms with van der Waals surface area (Å²) in [6, 6.07) is 7.42. The molecule has 2 aromatic carbocycles. The predicted octanol–water partition coefficient (Wildman–Crippen LogP) is 5.50. The van der Waals surface area contributed by atoms with E-state index in [9.17, 15) is 80.7 Å². The summed E-state index contributed by atoms with van der Waals surface area (Å²) in [4.78, 5) is 166. The second kappa shape index (κ2) is 36.4. The molecule has 0 aliphatic carbocycles. The number of amides is 7. The number of rotatable bonds is 41. The second-order valence-corrected chi connectivity index (χ2v) is 30.4. The summed E-state index contributed by atoms with van der Waals surface area (Å²) in [5.41, 5.74) is 12.6. The number of imidazole rings is 1. The molecule has 0 bridgehead atoms. The number of aromatic amines is 1. The van der Waals surface area contributed by atoms with Gasteiger partial charge in [-0.3, -0.25) is 62.2 Å². The van der Waals surface area contributed by atoms with Gasteiger partial charge in [0.05, 0.1) is 58.0 Å². The highest BCUT2D eigenvalue weighted by molar-refractivity contribution is 8.00. The average Bonchev–Trinajstić information content (AvgIpc) is 1.59. The van der Waals surface area contributed by atoms with Crippen molar-refractivity contribution in [1.82, 2.24) is 36.1 Å². The van der Waals surface area contributed by atoms with E-state index >= 15 is 0 Å². The number of nitrogens with zero attached hydrogens (tertiary/aromatic N) is 4. The number of ketones is 4. The minimum Gasteiger partial charge on any atom is -0.481 e. The summed E-state index contributed by atoms with van der Waals surface area (Å²) in [7, 11) is -4.48. The Kier molecular flexibility index (Phi) is 29.3. The average molecular weight is 1450 g/mol. The Morgan fingerprint density at radius 1 is 0.804 bits per heavy atom. The van der Waals surface area contributed by atoms with Gasteiger partial charge in [-0.15, -0.1) is 11.8 Å². The Hall–Kier alpha value is -8.80. The molecule has 3 aliphatic rings. The molecule has 0 spiro atoms. The molecule has 1 fully saturated rings. The number of imide groups is 1. The maximum Gasteiger partial charge on any atom is 0.303 e. The lowest BCUT2D eigenvalue weighted by Gasteiger charge is -2.25. The lowest BCUT2D eigenvalue weighted by atomic mass is 9.81. The van der Waals surface area contributed by atoms with Crippen molar-refractivity contribution >= 4 is 109 Å². The standard InChI is InChI=1S/C73H98N10O17S2/c1-12-81-56-25-22-42(2)31-53(56)72(8,9)62(81)19-15-13-16-20-63-73(10,11)54-36-51(102(98,99)100)24-26-57(54)82(63)29-18-14-17-21-64(89)76-28-30-83-65(90)38-61(71(83)97)101-40-49(67(74)93)34-59(87)46(6)78-68(94)43(3)32-58(86)45(5)79-70(96)52(47(7)85)37-60(88)55(35-50-39-75-41-77-50)80-69(95)48(33-44(4)84)23-27-66(91)92/h13,15-16,19-20,22,24-26,31,36,39,41,43,45-49,52,55,61,85H,12,14,17-18,21,23,27-30,32-35,37-38,40H2,1-11H3,(H8-,74,75,76,77,78,79,80,89,91,92,93,94,95,96,98,99,100)/p+1/t43-,45+,46+,47-,48-,49+,52+,55+,61?/m1/s1. The molecule has 1 unspecified atom stereocenters. The van der Waals surface area contributed by atoms with Crippen molar-refractivity contribution in [3.05, 3.63) is 107 Å². The lowest BCUT2D eigenvalue weighted by molar-refractivity contribution is -0.438. The van der Waals surface area contributed by atoms with Gasteiger partial charge < -0.3 is 51.9 Å². The van der Waals surface area contributed by atoms with Gasteiger partial charge in [-0.2, -0.15) is 13.0 Å². The van der Waals surface area contributed by atoms with E-state index < -0.39 is 153 Å². The molecule has 4 heterocycles. The zero-order chi connectivity index (χ0) is 75.7. The Bertz CT molecular complexity index is 3910. The van der Waals surface area contributed by atoms with Gasteiger partial charge in [0.15, 0.2) is 23.1 Å². The highest BCUT2D eigenvalue weighted by Gasteiger charge is 2.46. The summed E-state index contributed by atoms with van der Waals surface area (Å²) >= 11 is 0.977. The number of hydrogen-bond acceptors (Lipinski definition) is 18.